The van der Waals surface area contributed by atoms with Crippen LogP contribution in [0.4, 0.5) is 0 Å². The molecule has 0 amide bonds. The third-order valence-corrected chi connectivity index (χ3v) is 2.21. The Kier molecular flexibility index (Phi) is 3.29. The first-order chi connectivity index (χ1) is 6.24. The molecule has 66 valence electrons. The molecule has 4 nitrogen and oxygen atoms in total. The lowest BCUT2D eigenvalue weighted by Crippen LogP contribution is -1.98. The maximum Gasteiger partial charge on any atom is 0.313 e. The van der Waals surface area contributed by atoms with E-state index in [1.54, 1.807) is 12.1 Å². The first kappa shape index (κ1) is 9.55. The van der Waals surface area contributed by atoms with E-state index in [9.17, 15) is 4.79 Å². The van der Waals surface area contributed by atoms with Crippen molar-refractivity contribution >= 4 is 17.7 Å². The van der Waals surface area contributed by atoms with Gasteiger partial charge in [0.05, 0.1) is 11.3 Å². The van der Waals surface area contributed by atoms with Crippen LogP contribution in [0.15, 0.2) is 23.4 Å². The Morgan fingerprint density at radius 2 is 2.54 bits per heavy atom. The van der Waals surface area contributed by atoms with Crippen LogP contribution in [0.1, 0.15) is 5.56 Å². The molecule has 1 heterocycles. The molecule has 0 saturated heterocycles. The number of thioether (sulfide) groups is 1. The fourth-order valence-electron chi connectivity index (χ4n) is 0.721. The van der Waals surface area contributed by atoms with Crippen molar-refractivity contribution in [1.82, 2.24) is 4.98 Å². The molecule has 0 bridgehead atoms. The summed E-state index contributed by atoms with van der Waals surface area (Å²) in [7, 11) is 0. The van der Waals surface area contributed by atoms with Gasteiger partial charge < -0.3 is 5.11 Å². The molecule has 1 N–H and O–H groups in total. The van der Waals surface area contributed by atoms with Gasteiger partial charge in [-0.2, -0.15) is 5.26 Å². The van der Waals surface area contributed by atoms with Crippen LogP contribution in [0.5, 0.6) is 0 Å². The lowest BCUT2D eigenvalue weighted by atomic mass is 10.3. The topological polar surface area (TPSA) is 74.0 Å². The molecule has 0 aliphatic rings. The normalized spacial score (nSPS) is 9.15. The summed E-state index contributed by atoms with van der Waals surface area (Å²) in [5.74, 6) is -0.995. The lowest BCUT2D eigenvalue weighted by molar-refractivity contribution is -0.133. The van der Waals surface area contributed by atoms with Gasteiger partial charge in [0.2, 0.25) is 0 Å². The highest BCUT2D eigenvalue weighted by Crippen LogP contribution is 2.18. The maximum absolute atomic E-state index is 10.2. The molecule has 0 unspecified atom stereocenters. The predicted molar refractivity (Wildman–Crippen MR) is 47.3 cm³/mol. The van der Waals surface area contributed by atoms with Crippen molar-refractivity contribution in [2.75, 3.05) is 5.75 Å². The summed E-state index contributed by atoms with van der Waals surface area (Å²) >= 11 is 1.05. The van der Waals surface area contributed by atoms with Crippen LogP contribution in [0.25, 0.3) is 0 Å². The zero-order chi connectivity index (χ0) is 9.68. The highest BCUT2D eigenvalue weighted by molar-refractivity contribution is 7.99. The van der Waals surface area contributed by atoms with Crippen molar-refractivity contribution in [3.8, 4) is 6.07 Å². The van der Waals surface area contributed by atoms with Gasteiger partial charge in [0.25, 0.3) is 0 Å². The maximum atomic E-state index is 10.2. The summed E-state index contributed by atoms with van der Waals surface area (Å²) in [6.07, 6.45) is 1.53. The van der Waals surface area contributed by atoms with E-state index < -0.39 is 5.97 Å². The molecule has 0 atom stereocenters. The molecule has 1 aromatic rings. The van der Waals surface area contributed by atoms with Crippen LogP contribution in [0.2, 0.25) is 0 Å². The smallest absolute Gasteiger partial charge is 0.313 e. The molecule has 0 saturated carbocycles. The summed E-state index contributed by atoms with van der Waals surface area (Å²) in [5, 5.41) is 17.5. The predicted octanol–water partition coefficient (Wildman–Crippen LogP) is 1.13. The second-order valence-corrected chi connectivity index (χ2v) is 3.11. The van der Waals surface area contributed by atoms with Crippen LogP contribution >= 0.6 is 11.8 Å². The summed E-state index contributed by atoms with van der Waals surface area (Å²) < 4.78 is 0. The Hall–Kier alpha value is -1.54. The molecule has 13 heavy (non-hydrogen) atoms. The zero-order valence-corrected chi connectivity index (χ0v) is 7.41. The molecule has 0 radical (unpaired) electrons. The van der Waals surface area contributed by atoms with Crippen molar-refractivity contribution in [2.45, 2.75) is 5.03 Å². The van der Waals surface area contributed by atoms with Gasteiger partial charge in [0.15, 0.2) is 0 Å². The van der Waals surface area contributed by atoms with Gasteiger partial charge in [-0.1, -0.05) is 11.8 Å². The van der Waals surface area contributed by atoms with Crippen LogP contribution in [0.3, 0.4) is 0 Å². The van der Waals surface area contributed by atoms with Crippen LogP contribution < -0.4 is 0 Å². The summed E-state index contributed by atoms with van der Waals surface area (Å²) in [4.78, 5) is 14.1. The van der Waals surface area contributed by atoms with Crippen LogP contribution in [0, 0.1) is 11.3 Å². The second-order valence-electron chi connectivity index (χ2n) is 2.15. The lowest BCUT2D eigenvalue weighted by Gasteiger charge is -1.98. The van der Waals surface area contributed by atoms with Crippen molar-refractivity contribution in [3.05, 3.63) is 23.9 Å². The van der Waals surface area contributed by atoms with E-state index in [4.69, 9.17) is 10.4 Å². The number of aromatic nitrogens is 1. The minimum atomic E-state index is -0.917. The Morgan fingerprint density at radius 3 is 3.15 bits per heavy atom. The first-order valence-electron chi connectivity index (χ1n) is 3.43. The number of nitrogens with zero attached hydrogens (tertiary/aromatic N) is 2. The molecule has 5 heteroatoms. The van der Waals surface area contributed by atoms with E-state index in [-0.39, 0.29) is 5.75 Å². The molecule has 0 aliphatic heterocycles. The molecule has 0 aromatic carbocycles. The van der Waals surface area contributed by atoms with Crippen molar-refractivity contribution in [1.29, 1.82) is 5.26 Å². The summed E-state index contributed by atoms with van der Waals surface area (Å²) in [5.41, 5.74) is 0.411. The zero-order valence-electron chi connectivity index (χ0n) is 6.60. The molecule has 0 aliphatic carbocycles. The molecule has 0 spiro atoms. The van der Waals surface area contributed by atoms with Gasteiger partial charge >= 0.3 is 5.97 Å². The van der Waals surface area contributed by atoms with Gasteiger partial charge in [-0.05, 0) is 12.1 Å². The van der Waals surface area contributed by atoms with E-state index in [0.717, 1.165) is 11.8 Å². The number of hydrogen-bond acceptors (Lipinski definition) is 4. The largest absolute Gasteiger partial charge is 0.481 e. The first-order valence-corrected chi connectivity index (χ1v) is 4.42. The van der Waals surface area contributed by atoms with Crippen LogP contribution in [-0.4, -0.2) is 21.8 Å². The minimum Gasteiger partial charge on any atom is -0.481 e. The Morgan fingerprint density at radius 1 is 1.77 bits per heavy atom. The standard InChI is InChI=1S/C8H6N2O2S/c9-4-6-2-1-3-10-8(6)13-5-7(11)12/h1-3H,5H2,(H,11,12). The molecule has 0 fully saturated rings. The number of nitriles is 1. The number of hydrogen-bond donors (Lipinski definition) is 1. The number of carboxylic acids is 1. The average Bonchev–Trinajstić information content (AvgIpc) is 2.15. The Balaban J connectivity index is 2.77. The molecular weight excluding hydrogens is 188 g/mol. The van der Waals surface area contributed by atoms with E-state index in [2.05, 4.69) is 4.98 Å². The van der Waals surface area contributed by atoms with E-state index in [1.807, 2.05) is 6.07 Å². The number of carbonyl (C=O) groups is 1. The average molecular weight is 194 g/mol. The fourth-order valence-corrected chi connectivity index (χ4v) is 1.39. The van der Waals surface area contributed by atoms with Gasteiger partial charge in [-0.15, -0.1) is 0 Å². The van der Waals surface area contributed by atoms with Crippen molar-refractivity contribution in [2.24, 2.45) is 0 Å². The monoisotopic (exact) mass is 194 g/mol. The van der Waals surface area contributed by atoms with Crippen LogP contribution in [-0.2, 0) is 4.79 Å². The highest BCUT2D eigenvalue weighted by atomic mass is 32.2. The van der Waals surface area contributed by atoms with Gasteiger partial charge in [-0.3, -0.25) is 4.79 Å². The van der Waals surface area contributed by atoms with E-state index in [0.29, 0.717) is 10.6 Å². The molecule has 1 rings (SSSR count). The number of rotatable bonds is 3. The number of aliphatic carboxylic acids is 1. The minimum absolute atomic E-state index is 0.0777. The Bertz CT molecular complexity index is 359. The third kappa shape index (κ3) is 2.76. The molecular formula is C8H6N2O2S. The molecule has 1 aromatic heterocycles. The summed E-state index contributed by atoms with van der Waals surface area (Å²) in [6, 6.07) is 5.19. The number of carboxylic acid groups (broad SMARTS) is 1. The SMILES string of the molecule is N#Cc1cccnc1SCC(=O)O. The fraction of sp³-hybridized carbons (Fsp3) is 0.125. The van der Waals surface area contributed by atoms with Crippen molar-refractivity contribution in [3.63, 3.8) is 0 Å². The van der Waals surface area contributed by atoms with Gasteiger partial charge in [-0.25, -0.2) is 4.98 Å². The highest BCUT2D eigenvalue weighted by Gasteiger charge is 2.05. The quantitative estimate of drug-likeness (QED) is 0.730. The second kappa shape index (κ2) is 4.48. The summed E-state index contributed by atoms with van der Waals surface area (Å²) in [6.45, 7) is 0. The van der Waals surface area contributed by atoms with Gasteiger partial charge in [0, 0.05) is 6.20 Å². The van der Waals surface area contributed by atoms with Crippen molar-refractivity contribution < 1.29 is 9.90 Å². The van der Waals surface area contributed by atoms with E-state index >= 15 is 0 Å². The third-order valence-electron chi connectivity index (χ3n) is 1.22. The van der Waals surface area contributed by atoms with Gasteiger partial charge in [0.1, 0.15) is 11.1 Å². The Labute approximate surface area is 79.2 Å². The van der Waals surface area contributed by atoms with E-state index in [1.165, 1.54) is 6.20 Å². The number of pyridine rings is 1.